The van der Waals surface area contributed by atoms with Gasteiger partial charge in [0.2, 0.25) is 10.0 Å². The Morgan fingerprint density at radius 3 is 2.65 bits per heavy atom. The molecule has 0 aliphatic carbocycles. The van der Waals surface area contributed by atoms with E-state index in [4.69, 9.17) is 4.74 Å². The van der Waals surface area contributed by atoms with Gasteiger partial charge in [-0.25, -0.2) is 13.2 Å². The third-order valence-corrected chi connectivity index (χ3v) is 7.49. The Morgan fingerprint density at radius 2 is 2.00 bits per heavy atom. The summed E-state index contributed by atoms with van der Waals surface area (Å²) in [5, 5.41) is 4.14. The number of aromatic nitrogens is 1. The second-order valence-corrected chi connectivity index (χ2v) is 9.53. The van der Waals surface area contributed by atoms with Crippen LogP contribution < -0.4 is 5.32 Å². The van der Waals surface area contributed by atoms with Gasteiger partial charge in [-0.1, -0.05) is 0 Å². The molecule has 0 radical (unpaired) electrons. The molecule has 1 fully saturated rings. The molecule has 166 valence electrons. The molecule has 0 unspecified atom stereocenters. The summed E-state index contributed by atoms with van der Waals surface area (Å²) in [5.41, 5.74) is 0.284. The number of piperidine rings is 1. The number of pyridine rings is 1. The molecule has 1 aliphatic rings. The standard InChI is InChI=1S/C19H21N3O7S2/c1-28-19(25)17-15(6-10-30-17)21-16(23)12-29-18(24)13-4-8-22(9-5-13)31(26,27)14-3-2-7-20-11-14/h2-3,6-7,10-11,13H,4-5,8-9,12H2,1H3,(H,21,23). The Labute approximate surface area is 183 Å². The van der Waals surface area contributed by atoms with E-state index in [1.54, 1.807) is 17.5 Å². The van der Waals surface area contributed by atoms with Crippen LogP contribution in [0.1, 0.15) is 22.5 Å². The van der Waals surface area contributed by atoms with Crippen LogP contribution in [-0.2, 0) is 29.1 Å². The Morgan fingerprint density at radius 1 is 1.26 bits per heavy atom. The Bertz CT molecular complexity index is 1050. The quantitative estimate of drug-likeness (QED) is 0.606. The van der Waals surface area contributed by atoms with Crippen LogP contribution >= 0.6 is 11.3 Å². The molecule has 31 heavy (non-hydrogen) atoms. The highest BCUT2D eigenvalue weighted by Gasteiger charge is 2.33. The van der Waals surface area contributed by atoms with Crippen LogP contribution in [0.2, 0.25) is 0 Å². The molecule has 1 amide bonds. The summed E-state index contributed by atoms with van der Waals surface area (Å²) in [6.07, 6.45) is 3.35. The van der Waals surface area contributed by atoms with Crippen molar-refractivity contribution < 1.29 is 32.3 Å². The van der Waals surface area contributed by atoms with Crippen molar-refractivity contribution >= 4 is 44.9 Å². The monoisotopic (exact) mass is 467 g/mol. The summed E-state index contributed by atoms with van der Waals surface area (Å²) >= 11 is 1.12. The zero-order valence-corrected chi connectivity index (χ0v) is 18.3. The number of ether oxygens (including phenoxy) is 2. The van der Waals surface area contributed by atoms with Crippen LogP contribution in [0, 0.1) is 5.92 Å². The predicted molar refractivity (Wildman–Crippen MR) is 111 cm³/mol. The van der Waals surface area contributed by atoms with E-state index in [2.05, 4.69) is 15.0 Å². The van der Waals surface area contributed by atoms with Crippen LogP contribution in [0.3, 0.4) is 0 Å². The van der Waals surface area contributed by atoms with Gasteiger partial charge in [0.15, 0.2) is 6.61 Å². The number of thiophene rings is 1. The van der Waals surface area contributed by atoms with Gasteiger partial charge in [-0.15, -0.1) is 11.3 Å². The van der Waals surface area contributed by atoms with Crippen molar-refractivity contribution in [1.29, 1.82) is 0 Å². The van der Waals surface area contributed by atoms with E-state index >= 15 is 0 Å². The maximum atomic E-state index is 12.6. The molecular weight excluding hydrogens is 446 g/mol. The van der Waals surface area contributed by atoms with Crippen molar-refractivity contribution in [1.82, 2.24) is 9.29 Å². The molecule has 0 atom stereocenters. The molecule has 3 heterocycles. The zero-order chi connectivity index (χ0) is 22.4. The molecule has 1 aliphatic heterocycles. The van der Waals surface area contributed by atoms with E-state index in [0.29, 0.717) is 0 Å². The van der Waals surface area contributed by atoms with Gasteiger partial charge in [-0.05, 0) is 36.4 Å². The number of esters is 2. The molecule has 2 aromatic heterocycles. The van der Waals surface area contributed by atoms with Gasteiger partial charge in [-0.3, -0.25) is 14.6 Å². The first-order valence-electron chi connectivity index (χ1n) is 9.35. The molecule has 0 bridgehead atoms. The van der Waals surface area contributed by atoms with Gasteiger partial charge in [0.25, 0.3) is 5.91 Å². The maximum Gasteiger partial charge on any atom is 0.350 e. The number of rotatable bonds is 7. The third-order valence-electron chi connectivity index (χ3n) is 4.72. The summed E-state index contributed by atoms with van der Waals surface area (Å²) in [4.78, 5) is 40.2. The number of hydrogen-bond donors (Lipinski definition) is 1. The van der Waals surface area contributed by atoms with Crippen molar-refractivity contribution in [2.75, 3.05) is 32.1 Å². The van der Waals surface area contributed by atoms with E-state index in [1.165, 1.54) is 29.9 Å². The molecular formula is C19H21N3O7S2. The average molecular weight is 468 g/mol. The predicted octanol–water partition coefficient (Wildman–Crippen LogP) is 1.51. The van der Waals surface area contributed by atoms with E-state index in [1.807, 2.05) is 0 Å². The first kappa shape index (κ1) is 22.8. The Balaban J connectivity index is 1.48. The zero-order valence-electron chi connectivity index (χ0n) is 16.6. The lowest BCUT2D eigenvalue weighted by atomic mass is 9.98. The second-order valence-electron chi connectivity index (χ2n) is 6.68. The molecule has 0 aromatic carbocycles. The normalized spacial score (nSPS) is 15.3. The minimum Gasteiger partial charge on any atom is -0.465 e. The first-order valence-corrected chi connectivity index (χ1v) is 11.7. The van der Waals surface area contributed by atoms with Gasteiger partial charge in [-0.2, -0.15) is 4.31 Å². The third kappa shape index (κ3) is 5.46. The molecule has 1 saturated heterocycles. The number of hydrogen-bond acceptors (Lipinski definition) is 9. The fourth-order valence-electron chi connectivity index (χ4n) is 3.08. The average Bonchev–Trinajstić information content (AvgIpc) is 3.25. The lowest BCUT2D eigenvalue weighted by Crippen LogP contribution is -2.41. The van der Waals surface area contributed by atoms with E-state index in [0.717, 1.165) is 11.3 Å². The SMILES string of the molecule is COC(=O)c1sccc1NC(=O)COC(=O)C1CCN(S(=O)(=O)c2cccnc2)CC1. The van der Waals surface area contributed by atoms with Crippen molar-refractivity contribution in [3.63, 3.8) is 0 Å². The lowest BCUT2D eigenvalue weighted by Gasteiger charge is -2.29. The van der Waals surface area contributed by atoms with Crippen molar-refractivity contribution in [3.8, 4) is 0 Å². The number of methoxy groups -OCH3 is 1. The summed E-state index contributed by atoms with van der Waals surface area (Å²) in [7, 11) is -2.42. The largest absolute Gasteiger partial charge is 0.465 e. The summed E-state index contributed by atoms with van der Waals surface area (Å²) < 4.78 is 36.3. The number of nitrogens with zero attached hydrogens (tertiary/aromatic N) is 2. The van der Waals surface area contributed by atoms with Crippen LogP contribution in [0.15, 0.2) is 40.9 Å². The number of anilines is 1. The number of amides is 1. The van der Waals surface area contributed by atoms with Crippen LogP contribution in [0.25, 0.3) is 0 Å². The van der Waals surface area contributed by atoms with Gasteiger partial charge >= 0.3 is 11.9 Å². The van der Waals surface area contributed by atoms with Crippen molar-refractivity contribution in [2.24, 2.45) is 5.92 Å². The number of carbonyl (C=O) groups excluding carboxylic acids is 3. The summed E-state index contributed by atoms with van der Waals surface area (Å²) in [6, 6.07) is 4.57. The van der Waals surface area contributed by atoms with Crippen LogP contribution in [0.5, 0.6) is 0 Å². The first-order chi connectivity index (χ1) is 14.8. The van der Waals surface area contributed by atoms with E-state index in [-0.39, 0.29) is 41.4 Å². The van der Waals surface area contributed by atoms with E-state index < -0.39 is 40.4 Å². The molecule has 2 aromatic rings. The fourth-order valence-corrected chi connectivity index (χ4v) is 5.28. The molecule has 0 spiro atoms. The van der Waals surface area contributed by atoms with Gasteiger partial charge in [0.05, 0.1) is 18.7 Å². The second kappa shape index (κ2) is 9.98. The molecule has 12 heteroatoms. The maximum absolute atomic E-state index is 12.6. The number of nitrogens with one attached hydrogen (secondary N) is 1. The highest BCUT2D eigenvalue weighted by atomic mass is 32.2. The van der Waals surface area contributed by atoms with Crippen molar-refractivity contribution in [3.05, 3.63) is 40.8 Å². The van der Waals surface area contributed by atoms with Crippen molar-refractivity contribution in [2.45, 2.75) is 17.7 Å². The minimum atomic E-state index is -3.66. The topological polar surface area (TPSA) is 132 Å². The van der Waals surface area contributed by atoms with Crippen LogP contribution in [-0.4, -0.2) is 62.4 Å². The Hall–Kier alpha value is -2.83. The minimum absolute atomic E-state index is 0.104. The van der Waals surface area contributed by atoms with Gasteiger partial charge in [0, 0.05) is 25.5 Å². The fraction of sp³-hybridized carbons (Fsp3) is 0.368. The number of carbonyl (C=O) groups is 3. The summed E-state index contributed by atoms with van der Waals surface area (Å²) in [6.45, 7) is -0.176. The molecule has 1 N–H and O–H groups in total. The van der Waals surface area contributed by atoms with E-state index in [9.17, 15) is 22.8 Å². The van der Waals surface area contributed by atoms with Gasteiger partial charge in [0.1, 0.15) is 9.77 Å². The lowest BCUT2D eigenvalue weighted by molar-refractivity contribution is -0.152. The highest BCUT2D eigenvalue weighted by molar-refractivity contribution is 7.89. The highest BCUT2D eigenvalue weighted by Crippen LogP contribution is 2.25. The molecule has 0 saturated carbocycles. The number of sulfonamides is 1. The smallest absolute Gasteiger partial charge is 0.350 e. The summed E-state index contributed by atoms with van der Waals surface area (Å²) in [5.74, 6) is -2.23. The molecule has 10 nitrogen and oxygen atoms in total. The van der Waals surface area contributed by atoms with Gasteiger partial charge < -0.3 is 14.8 Å². The Kier molecular flexibility index (Phi) is 7.36. The molecule has 3 rings (SSSR count). The van der Waals surface area contributed by atoms with Crippen LogP contribution in [0.4, 0.5) is 5.69 Å².